The van der Waals surface area contributed by atoms with Gasteiger partial charge in [0.2, 0.25) is 5.91 Å². The van der Waals surface area contributed by atoms with Crippen LogP contribution in [0.4, 0.5) is 11.5 Å². The van der Waals surface area contributed by atoms with Crippen molar-refractivity contribution in [2.45, 2.75) is 32.2 Å². The lowest BCUT2D eigenvalue weighted by Crippen LogP contribution is -2.36. The molecule has 0 radical (unpaired) electrons. The third-order valence-electron chi connectivity index (χ3n) is 4.96. The molecular weight excluding hydrogens is 386 g/mol. The first-order chi connectivity index (χ1) is 14.5. The van der Waals surface area contributed by atoms with Gasteiger partial charge in [-0.3, -0.25) is 19.7 Å². The second kappa shape index (κ2) is 10.3. The number of nitrogens with one attached hydrogen (secondary N) is 2. The molecule has 0 unspecified atom stereocenters. The first-order valence-corrected chi connectivity index (χ1v) is 10.0. The Morgan fingerprint density at radius 3 is 2.50 bits per heavy atom. The Hall–Kier alpha value is -3.49. The first kappa shape index (κ1) is 21.2. The minimum absolute atomic E-state index is 0.130. The molecule has 9 nitrogen and oxygen atoms in total. The van der Waals surface area contributed by atoms with Crippen LogP contribution in [0, 0.1) is 10.1 Å². The number of aromatic nitrogens is 1. The maximum absolute atomic E-state index is 12.1. The van der Waals surface area contributed by atoms with Crippen LogP contribution in [0.2, 0.25) is 0 Å². The van der Waals surface area contributed by atoms with Gasteiger partial charge in [-0.05, 0) is 30.5 Å². The normalized spacial score (nSPS) is 13.9. The molecule has 1 fully saturated rings. The molecule has 3 rings (SSSR count). The number of hydrogen-bond acceptors (Lipinski definition) is 6. The molecule has 0 aliphatic carbocycles. The van der Waals surface area contributed by atoms with Crippen molar-refractivity contribution in [2.24, 2.45) is 0 Å². The number of nitro benzene ring substituents is 1. The molecule has 30 heavy (non-hydrogen) atoms. The zero-order chi connectivity index (χ0) is 21.3. The highest BCUT2D eigenvalue weighted by Gasteiger charge is 2.13. The molecular formula is C21H25N5O4. The quantitative estimate of drug-likeness (QED) is 0.534. The number of carbonyl (C=O) groups excluding carboxylic acids is 2. The molecule has 2 aromatic rings. The molecule has 2 amide bonds. The molecule has 1 aliphatic rings. The largest absolute Gasteiger partial charge is 0.357 e. The van der Waals surface area contributed by atoms with Crippen LogP contribution in [0.25, 0.3) is 0 Å². The number of benzene rings is 1. The van der Waals surface area contributed by atoms with Gasteiger partial charge in [0.25, 0.3) is 11.6 Å². The van der Waals surface area contributed by atoms with E-state index in [1.54, 1.807) is 6.20 Å². The van der Waals surface area contributed by atoms with Crippen LogP contribution < -0.4 is 15.5 Å². The van der Waals surface area contributed by atoms with Gasteiger partial charge in [-0.2, -0.15) is 0 Å². The van der Waals surface area contributed by atoms with Gasteiger partial charge in [-0.25, -0.2) is 4.98 Å². The predicted octanol–water partition coefficient (Wildman–Crippen LogP) is 2.42. The van der Waals surface area contributed by atoms with Gasteiger partial charge in [-0.1, -0.05) is 25.0 Å². The summed E-state index contributed by atoms with van der Waals surface area (Å²) in [5, 5.41) is 16.0. The number of pyridine rings is 1. The highest BCUT2D eigenvalue weighted by Crippen LogP contribution is 2.17. The van der Waals surface area contributed by atoms with Gasteiger partial charge in [0.05, 0.1) is 11.5 Å². The average Bonchev–Trinajstić information content (AvgIpc) is 3.06. The fourth-order valence-electron chi connectivity index (χ4n) is 3.29. The third kappa shape index (κ3) is 6.00. The zero-order valence-electron chi connectivity index (χ0n) is 16.7. The maximum Gasteiger partial charge on any atom is 0.270 e. The Morgan fingerprint density at radius 1 is 1.07 bits per heavy atom. The van der Waals surface area contributed by atoms with E-state index in [0.29, 0.717) is 6.54 Å². The molecule has 9 heteroatoms. The Morgan fingerprint density at radius 2 is 1.83 bits per heavy atom. The summed E-state index contributed by atoms with van der Waals surface area (Å²) in [5.41, 5.74) is 0.820. The number of non-ortho nitro benzene ring substituents is 1. The number of carbonyl (C=O) groups is 2. The Kier molecular flexibility index (Phi) is 7.31. The SMILES string of the molecule is O=C(CNC(=O)c1cccc([N+](=O)[O-])c1)NCc1ccc(N2CCCCCC2)nc1. The summed E-state index contributed by atoms with van der Waals surface area (Å²) in [6.07, 6.45) is 6.64. The van der Waals surface area contributed by atoms with Crippen LogP contribution in [0.3, 0.4) is 0 Å². The highest BCUT2D eigenvalue weighted by molar-refractivity contribution is 5.96. The van der Waals surface area contributed by atoms with Gasteiger partial charge in [0.15, 0.2) is 0 Å². The number of hydrogen-bond donors (Lipinski definition) is 2. The van der Waals surface area contributed by atoms with E-state index in [4.69, 9.17) is 0 Å². The lowest BCUT2D eigenvalue weighted by molar-refractivity contribution is -0.384. The van der Waals surface area contributed by atoms with Gasteiger partial charge < -0.3 is 15.5 Å². The van der Waals surface area contributed by atoms with Crippen molar-refractivity contribution >= 4 is 23.3 Å². The van der Waals surface area contributed by atoms with E-state index in [0.717, 1.165) is 24.5 Å². The zero-order valence-corrected chi connectivity index (χ0v) is 16.7. The topological polar surface area (TPSA) is 117 Å². The van der Waals surface area contributed by atoms with Gasteiger partial charge in [0.1, 0.15) is 5.82 Å². The molecule has 1 aromatic heterocycles. The molecule has 1 aromatic carbocycles. The summed E-state index contributed by atoms with van der Waals surface area (Å²) in [7, 11) is 0. The minimum Gasteiger partial charge on any atom is -0.357 e. The van der Waals surface area contributed by atoms with Gasteiger partial charge in [-0.15, -0.1) is 0 Å². The van der Waals surface area contributed by atoms with Crippen molar-refractivity contribution in [1.82, 2.24) is 15.6 Å². The molecule has 0 saturated carbocycles. The van der Waals surface area contributed by atoms with Crippen LogP contribution in [-0.2, 0) is 11.3 Å². The summed E-state index contributed by atoms with van der Waals surface area (Å²) < 4.78 is 0. The van der Waals surface area contributed by atoms with Crippen LogP contribution in [0.1, 0.15) is 41.6 Å². The summed E-state index contributed by atoms with van der Waals surface area (Å²) >= 11 is 0. The maximum atomic E-state index is 12.1. The Bertz CT molecular complexity index is 893. The summed E-state index contributed by atoms with van der Waals surface area (Å²) in [5.74, 6) is 0.0545. The minimum atomic E-state index is -0.574. The molecule has 0 spiro atoms. The van der Waals surface area contributed by atoms with Crippen molar-refractivity contribution in [3.05, 3.63) is 63.8 Å². The van der Waals surface area contributed by atoms with E-state index in [9.17, 15) is 19.7 Å². The summed E-state index contributed by atoms with van der Waals surface area (Å²) in [4.78, 5) is 41.1. The van der Waals surface area contributed by atoms with Crippen molar-refractivity contribution < 1.29 is 14.5 Å². The van der Waals surface area contributed by atoms with Crippen LogP contribution in [-0.4, -0.2) is 41.4 Å². The monoisotopic (exact) mass is 411 g/mol. The molecule has 1 aliphatic heterocycles. The van der Waals surface area contributed by atoms with Crippen LogP contribution >= 0.6 is 0 Å². The van der Waals surface area contributed by atoms with Gasteiger partial charge >= 0.3 is 0 Å². The third-order valence-corrected chi connectivity index (χ3v) is 4.96. The lowest BCUT2D eigenvalue weighted by Gasteiger charge is -2.21. The molecule has 1 saturated heterocycles. The van der Waals surface area contributed by atoms with E-state index < -0.39 is 10.8 Å². The van der Waals surface area contributed by atoms with E-state index in [1.807, 2.05) is 12.1 Å². The smallest absolute Gasteiger partial charge is 0.270 e. The molecule has 2 N–H and O–H groups in total. The predicted molar refractivity (Wildman–Crippen MR) is 112 cm³/mol. The van der Waals surface area contributed by atoms with E-state index in [-0.39, 0.29) is 23.7 Å². The number of nitro groups is 1. The second-order valence-electron chi connectivity index (χ2n) is 7.19. The van der Waals surface area contributed by atoms with Crippen LogP contribution in [0.15, 0.2) is 42.6 Å². The highest BCUT2D eigenvalue weighted by atomic mass is 16.6. The number of anilines is 1. The molecule has 0 bridgehead atoms. The number of nitrogens with zero attached hydrogens (tertiary/aromatic N) is 3. The Balaban J connectivity index is 1.44. The number of rotatable bonds is 7. The van der Waals surface area contributed by atoms with Crippen molar-refractivity contribution in [1.29, 1.82) is 0 Å². The summed E-state index contributed by atoms with van der Waals surface area (Å²) in [6.45, 7) is 2.13. The standard InChI is InChI=1S/C21H25N5O4/c27-20(15-24-21(28)17-6-5-7-18(12-17)26(29)30)23-14-16-8-9-19(22-13-16)25-10-3-1-2-4-11-25/h5-9,12-13H,1-4,10-11,14-15H2,(H,23,27)(H,24,28). The van der Waals surface area contributed by atoms with E-state index >= 15 is 0 Å². The van der Waals surface area contributed by atoms with Crippen molar-refractivity contribution in [3.63, 3.8) is 0 Å². The van der Waals surface area contributed by atoms with E-state index in [1.165, 1.54) is 49.9 Å². The number of amides is 2. The second-order valence-corrected chi connectivity index (χ2v) is 7.19. The van der Waals surface area contributed by atoms with Gasteiger partial charge in [0, 0.05) is 43.5 Å². The fraction of sp³-hybridized carbons (Fsp3) is 0.381. The van der Waals surface area contributed by atoms with Crippen molar-refractivity contribution in [2.75, 3.05) is 24.5 Å². The summed E-state index contributed by atoms with van der Waals surface area (Å²) in [6, 6.07) is 9.26. The van der Waals surface area contributed by atoms with Crippen LogP contribution in [0.5, 0.6) is 0 Å². The first-order valence-electron chi connectivity index (χ1n) is 10.0. The molecule has 0 atom stereocenters. The molecule has 158 valence electrons. The van der Waals surface area contributed by atoms with Crippen molar-refractivity contribution in [3.8, 4) is 0 Å². The lowest BCUT2D eigenvalue weighted by atomic mass is 10.2. The fourth-order valence-corrected chi connectivity index (χ4v) is 3.29. The average molecular weight is 411 g/mol. The van der Waals surface area contributed by atoms with E-state index in [2.05, 4.69) is 20.5 Å². The molecule has 2 heterocycles. The Labute approximate surface area is 174 Å².